The molecular weight excluding hydrogens is 1240 g/mol. The molecule has 2 aliphatic rings. The summed E-state index contributed by atoms with van der Waals surface area (Å²) in [6.45, 7) is 13.9. The molecule has 0 unspecified atom stereocenters. The van der Waals surface area contributed by atoms with Gasteiger partial charge in [0.05, 0.1) is 30.2 Å². The van der Waals surface area contributed by atoms with Crippen LogP contribution >= 0.6 is 23.2 Å². The first-order chi connectivity index (χ1) is 42.8. The Morgan fingerprint density at radius 2 is 1.14 bits per heavy atom. The fraction of sp³-hybridized carbons (Fsp3) is 0.646. The number of alkyl halides is 3. The van der Waals surface area contributed by atoms with Crippen LogP contribution in [0.2, 0.25) is 10.0 Å². The Balaban J connectivity index is 1.85. The summed E-state index contributed by atoms with van der Waals surface area (Å²) in [4.78, 5) is 168. The SMILES string of the molecule is CC[C@H](C)[C@@H]1NC(=O)[C@H](C(C)C)N(C)C(=O)C[C@@H](C)NC(=O)[C@H](C(C)C)N(C)C(=O)C2(CCCC2)NC(=O)[C@H](CC(C)C)N(C)C(=O)[C@H](CCc2ccc(C(F)(F)F)c(Cl)c2)NC(=O)CN(C)C(=O)[C@H](Cc2ccc(Cl)cc2)N(C)C(=O)CN(C)C(=O)CN(C)C1=O. The Bertz CT molecular complexity index is 2980. The highest BCUT2D eigenvalue weighted by Gasteiger charge is 2.49. The van der Waals surface area contributed by atoms with Crippen LogP contribution in [-0.4, -0.2) is 216 Å². The van der Waals surface area contributed by atoms with Gasteiger partial charge in [-0.05, 0) is 98.1 Å². The minimum atomic E-state index is -4.77. The monoisotopic (exact) mass is 1330 g/mol. The summed E-state index contributed by atoms with van der Waals surface area (Å²) in [7, 11) is 9.60. The first-order valence-electron chi connectivity index (χ1n) is 31.4. The van der Waals surface area contributed by atoms with Gasteiger partial charge in [0.2, 0.25) is 65.0 Å². The van der Waals surface area contributed by atoms with E-state index in [0.717, 1.165) is 36.6 Å². The predicted molar refractivity (Wildman–Crippen MR) is 343 cm³/mol. The Labute approximate surface area is 549 Å². The third-order valence-corrected chi connectivity index (χ3v) is 18.1. The lowest BCUT2D eigenvalue weighted by molar-refractivity contribution is -0.150. The van der Waals surface area contributed by atoms with Crippen LogP contribution in [-0.2, 0) is 71.8 Å². The van der Waals surface area contributed by atoms with Crippen molar-refractivity contribution < 1.29 is 65.9 Å². The summed E-state index contributed by atoms with van der Waals surface area (Å²) >= 11 is 12.3. The van der Waals surface area contributed by atoms with E-state index in [2.05, 4.69) is 21.3 Å². The molecule has 2 aromatic rings. The van der Waals surface area contributed by atoms with Crippen molar-refractivity contribution in [2.24, 2.45) is 23.7 Å². The van der Waals surface area contributed by atoms with Crippen LogP contribution in [0, 0.1) is 23.7 Å². The molecule has 0 radical (unpaired) electrons. The van der Waals surface area contributed by atoms with Gasteiger partial charge in [-0.25, -0.2) is 0 Å². The van der Waals surface area contributed by atoms with Crippen molar-refractivity contribution >= 4 is 88.2 Å². The maximum Gasteiger partial charge on any atom is 0.417 e. The molecule has 0 bridgehead atoms. The number of nitrogens with one attached hydrogen (secondary N) is 4. The van der Waals surface area contributed by atoms with E-state index >= 15 is 14.4 Å². The maximum atomic E-state index is 15.1. The van der Waals surface area contributed by atoms with E-state index in [4.69, 9.17) is 23.2 Å². The van der Waals surface area contributed by atoms with Crippen molar-refractivity contribution in [3.63, 3.8) is 0 Å². The molecule has 512 valence electrons. The molecule has 1 aliphatic carbocycles. The smallest absolute Gasteiger partial charge is 0.351 e. The first-order valence-corrected chi connectivity index (χ1v) is 32.1. The minimum Gasteiger partial charge on any atom is -0.351 e. The van der Waals surface area contributed by atoms with Crippen LogP contribution < -0.4 is 21.3 Å². The summed E-state index contributed by atoms with van der Waals surface area (Å²) in [5, 5.41) is 11.2. The molecule has 11 amide bonds. The largest absolute Gasteiger partial charge is 0.417 e. The number of carbonyl (C=O) groups excluding carboxylic acids is 11. The van der Waals surface area contributed by atoms with Crippen molar-refractivity contribution in [3.8, 4) is 0 Å². The quantitative estimate of drug-likeness (QED) is 0.216. The van der Waals surface area contributed by atoms with Gasteiger partial charge in [0.1, 0.15) is 41.8 Å². The minimum absolute atomic E-state index is 0.0481. The van der Waals surface area contributed by atoms with E-state index in [1.165, 1.54) is 65.2 Å². The molecule has 92 heavy (non-hydrogen) atoms. The number of nitrogens with zero attached hydrogens (tertiary/aromatic N) is 7. The predicted octanol–water partition coefficient (Wildman–Crippen LogP) is 5.58. The zero-order valence-electron chi connectivity index (χ0n) is 56.1. The van der Waals surface area contributed by atoms with Crippen LogP contribution in [0.5, 0.6) is 0 Å². The molecule has 1 saturated heterocycles. The summed E-state index contributed by atoms with van der Waals surface area (Å²) in [6, 6.07) is 1.20. The molecule has 22 nitrogen and oxygen atoms in total. The molecule has 27 heteroatoms. The van der Waals surface area contributed by atoms with E-state index in [-0.39, 0.29) is 56.4 Å². The van der Waals surface area contributed by atoms with Crippen LogP contribution in [0.15, 0.2) is 42.5 Å². The van der Waals surface area contributed by atoms with Gasteiger partial charge in [0, 0.05) is 73.2 Å². The number of hydrogen-bond donors (Lipinski definition) is 4. The molecule has 2 fully saturated rings. The van der Waals surface area contributed by atoms with Gasteiger partial charge < -0.3 is 55.6 Å². The average molecular weight is 1340 g/mol. The molecule has 2 aromatic carbocycles. The van der Waals surface area contributed by atoms with Crippen LogP contribution in [0.1, 0.15) is 130 Å². The van der Waals surface area contributed by atoms with Gasteiger partial charge in [-0.1, -0.05) is 116 Å². The Hall–Kier alpha value is -7.02. The molecule has 1 saturated carbocycles. The van der Waals surface area contributed by atoms with Gasteiger partial charge in [-0.15, -0.1) is 0 Å². The number of likely N-dealkylation sites (N-methyl/N-ethyl adjacent to an activating group) is 7. The van der Waals surface area contributed by atoms with Crippen LogP contribution in [0.4, 0.5) is 13.2 Å². The van der Waals surface area contributed by atoms with Crippen molar-refractivity contribution in [3.05, 3.63) is 69.2 Å². The van der Waals surface area contributed by atoms with Crippen LogP contribution in [0.3, 0.4) is 0 Å². The lowest BCUT2D eigenvalue weighted by Crippen LogP contribution is -2.65. The van der Waals surface area contributed by atoms with E-state index in [1.807, 2.05) is 20.8 Å². The van der Waals surface area contributed by atoms with Gasteiger partial charge in [-0.2, -0.15) is 13.2 Å². The number of aryl methyl sites for hydroxylation is 1. The zero-order chi connectivity index (χ0) is 69.6. The second-order valence-corrected chi connectivity index (χ2v) is 27.0. The van der Waals surface area contributed by atoms with Crippen LogP contribution in [0.25, 0.3) is 0 Å². The maximum absolute atomic E-state index is 15.1. The Kier molecular flexibility index (Phi) is 28.4. The standard InChI is InChI=1S/C65H96Cl2F3N11O11/c1-17-40(8)54-62(91)77(12)35-52(84)75(10)36-53(85)78(13)49(33-43-20-24-44(66)25-21-43)61(90)76(11)34-50(82)72-47(27-23-42-22-26-45(46(67)32-42)65(68,69)70)60(89)79(14)48(30-37(2)3)57(86)74-64(28-18-19-29-64)63(92)81(16)56(39(6)7)58(87)71-41(9)31-51(83)80(15)55(38(4)5)59(88)73-54/h20-22,24-26,32,37-41,47-49,54-56H,17-19,23,27-31,33-36H2,1-16H3,(H,71,87)(H,72,82)(H,73,88)(H,74,86)/t40-,41+,47-,48-,49-,54-,55-,56-/m0/s1. The topological polar surface area (TPSA) is 259 Å². The van der Waals surface area contributed by atoms with Crippen molar-refractivity contribution in [1.29, 1.82) is 0 Å². The fourth-order valence-corrected chi connectivity index (χ4v) is 12.3. The summed E-state index contributed by atoms with van der Waals surface area (Å²) in [5.74, 6) is -9.23. The van der Waals surface area contributed by atoms with Gasteiger partial charge in [0.15, 0.2) is 0 Å². The third-order valence-electron chi connectivity index (χ3n) is 17.5. The second kappa shape index (κ2) is 33.7. The molecular formula is C65H96Cl2F3N11O11. The van der Waals surface area contributed by atoms with E-state index in [0.29, 0.717) is 29.8 Å². The molecule has 1 aliphatic heterocycles. The zero-order valence-corrected chi connectivity index (χ0v) is 57.6. The number of amides is 11. The lowest BCUT2D eigenvalue weighted by Gasteiger charge is -2.40. The Morgan fingerprint density at radius 1 is 0.598 bits per heavy atom. The van der Waals surface area contributed by atoms with Gasteiger partial charge in [0.25, 0.3) is 0 Å². The highest BCUT2D eigenvalue weighted by atomic mass is 35.5. The Morgan fingerprint density at radius 3 is 1.68 bits per heavy atom. The van der Waals surface area contributed by atoms with E-state index < -0.39 is 167 Å². The molecule has 1 heterocycles. The van der Waals surface area contributed by atoms with Gasteiger partial charge >= 0.3 is 6.18 Å². The van der Waals surface area contributed by atoms with Crippen molar-refractivity contribution in [2.75, 3.05) is 69.0 Å². The van der Waals surface area contributed by atoms with E-state index in [9.17, 15) is 51.5 Å². The number of halogens is 5. The molecule has 0 aromatic heterocycles. The highest BCUT2D eigenvalue weighted by molar-refractivity contribution is 6.31. The second-order valence-electron chi connectivity index (χ2n) is 26.1. The third kappa shape index (κ3) is 20.5. The average Bonchev–Trinajstić information content (AvgIpc) is 1.46. The molecule has 1 spiro atoms. The highest BCUT2D eigenvalue weighted by Crippen LogP contribution is 2.36. The number of rotatable bonds is 11. The number of carbonyl (C=O) groups is 11. The first kappa shape index (κ1) is 77.4. The number of hydrogen-bond acceptors (Lipinski definition) is 11. The van der Waals surface area contributed by atoms with Gasteiger partial charge in [-0.3, -0.25) is 52.7 Å². The molecule has 4 rings (SSSR count). The summed E-state index contributed by atoms with van der Waals surface area (Å²) < 4.78 is 41.4. The molecule has 4 N–H and O–H groups in total. The van der Waals surface area contributed by atoms with Crippen molar-refractivity contribution in [1.82, 2.24) is 55.6 Å². The summed E-state index contributed by atoms with van der Waals surface area (Å²) in [6.07, 6.45) is -3.68. The lowest BCUT2D eigenvalue weighted by atomic mass is 9.91. The van der Waals surface area contributed by atoms with Crippen molar-refractivity contribution in [2.45, 2.75) is 181 Å². The summed E-state index contributed by atoms with van der Waals surface area (Å²) in [5.41, 5.74) is -1.81. The fourth-order valence-electron chi connectivity index (χ4n) is 11.9. The van der Waals surface area contributed by atoms with E-state index in [1.54, 1.807) is 65.8 Å². The molecule has 8 atom stereocenters. The normalized spacial score (nSPS) is 24.2. The number of benzene rings is 2.